The van der Waals surface area contributed by atoms with Crippen molar-refractivity contribution in [2.75, 3.05) is 52.5 Å². The summed E-state index contributed by atoms with van der Waals surface area (Å²) in [5.74, 6) is -0.214. The van der Waals surface area contributed by atoms with Crippen LogP contribution in [-0.2, 0) is 14.9 Å². The molecule has 0 amide bonds. The Bertz CT molecular complexity index is 656. The van der Waals surface area contributed by atoms with Crippen LogP contribution >= 0.6 is 0 Å². The maximum atomic E-state index is 14.0. The molecule has 2 aliphatic heterocycles. The Morgan fingerprint density at radius 3 is 2.21 bits per heavy atom. The van der Waals surface area contributed by atoms with Crippen LogP contribution in [0.3, 0.4) is 0 Å². The van der Waals surface area contributed by atoms with Crippen LogP contribution in [0.2, 0.25) is 0 Å². The predicted octanol–water partition coefficient (Wildman–Crippen LogP) is 1.08. The predicted molar refractivity (Wildman–Crippen MR) is 89.3 cm³/mol. The molecule has 2 saturated heterocycles. The lowest BCUT2D eigenvalue weighted by molar-refractivity contribution is 0.0675. The number of morpholine rings is 1. The first kappa shape index (κ1) is 17.8. The number of halogens is 1. The monoisotopic (exact) mass is 357 g/mol. The Hall–Kier alpha value is -1.06. The largest absolute Gasteiger partial charge is 0.379 e. The van der Waals surface area contributed by atoms with Crippen molar-refractivity contribution in [2.24, 2.45) is 0 Å². The van der Waals surface area contributed by atoms with Crippen molar-refractivity contribution in [1.82, 2.24) is 13.5 Å². The van der Waals surface area contributed by atoms with Crippen molar-refractivity contribution in [2.45, 2.75) is 13.0 Å². The third kappa shape index (κ3) is 3.62. The zero-order chi connectivity index (χ0) is 17.2. The minimum Gasteiger partial charge on any atom is -0.379 e. The molecule has 0 saturated carbocycles. The molecular formula is C16H24FN3O3S. The van der Waals surface area contributed by atoms with Gasteiger partial charge in [-0.05, 0) is 13.0 Å². The van der Waals surface area contributed by atoms with E-state index in [0.29, 0.717) is 58.0 Å². The molecule has 0 radical (unpaired) electrons. The summed E-state index contributed by atoms with van der Waals surface area (Å²) >= 11 is 0. The summed E-state index contributed by atoms with van der Waals surface area (Å²) < 4.78 is 47.5. The highest BCUT2D eigenvalue weighted by Crippen LogP contribution is 2.25. The highest BCUT2D eigenvalue weighted by Gasteiger charge is 2.34. The van der Waals surface area contributed by atoms with Gasteiger partial charge in [0.25, 0.3) is 10.2 Å². The van der Waals surface area contributed by atoms with Crippen LogP contribution in [0, 0.1) is 5.82 Å². The van der Waals surface area contributed by atoms with Gasteiger partial charge in [0.2, 0.25) is 0 Å². The number of benzene rings is 1. The highest BCUT2D eigenvalue weighted by molar-refractivity contribution is 7.86. The Labute approximate surface area is 143 Å². The van der Waals surface area contributed by atoms with Crippen molar-refractivity contribution in [3.63, 3.8) is 0 Å². The molecule has 0 aliphatic carbocycles. The van der Waals surface area contributed by atoms with Gasteiger partial charge >= 0.3 is 0 Å². The number of rotatable bonds is 4. The van der Waals surface area contributed by atoms with E-state index >= 15 is 0 Å². The van der Waals surface area contributed by atoms with Gasteiger partial charge in [0, 0.05) is 50.9 Å². The molecule has 0 spiro atoms. The molecule has 8 heteroatoms. The van der Waals surface area contributed by atoms with Crippen molar-refractivity contribution < 1.29 is 17.5 Å². The topological polar surface area (TPSA) is 53.1 Å². The van der Waals surface area contributed by atoms with Gasteiger partial charge in [-0.3, -0.25) is 4.90 Å². The fourth-order valence-corrected chi connectivity index (χ4v) is 4.83. The summed E-state index contributed by atoms with van der Waals surface area (Å²) in [7, 11) is -3.42. The highest BCUT2D eigenvalue weighted by atomic mass is 32.2. The van der Waals surface area contributed by atoms with Crippen molar-refractivity contribution in [1.29, 1.82) is 0 Å². The minimum atomic E-state index is -3.42. The molecule has 0 bridgehead atoms. The molecule has 2 aliphatic rings. The lowest BCUT2D eigenvalue weighted by Crippen LogP contribution is -2.55. The molecule has 1 atom stereocenters. The van der Waals surface area contributed by atoms with Crippen LogP contribution in [-0.4, -0.2) is 74.4 Å². The molecule has 2 heterocycles. The Morgan fingerprint density at radius 2 is 1.58 bits per heavy atom. The van der Waals surface area contributed by atoms with Crippen molar-refractivity contribution in [3.8, 4) is 0 Å². The van der Waals surface area contributed by atoms with Crippen LogP contribution in [0.15, 0.2) is 24.3 Å². The average molecular weight is 357 g/mol. The summed E-state index contributed by atoms with van der Waals surface area (Å²) in [6.45, 7) is 5.73. The first-order valence-electron chi connectivity index (χ1n) is 8.31. The molecule has 1 aromatic carbocycles. The third-order valence-electron chi connectivity index (χ3n) is 4.80. The van der Waals surface area contributed by atoms with E-state index < -0.39 is 10.2 Å². The quantitative estimate of drug-likeness (QED) is 0.809. The van der Waals surface area contributed by atoms with Gasteiger partial charge in [-0.2, -0.15) is 17.0 Å². The zero-order valence-electron chi connectivity index (χ0n) is 13.9. The van der Waals surface area contributed by atoms with E-state index in [1.165, 1.54) is 14.7 Å². The summed E-state index contributed by atoms with van der Waals surface area (Å²) in [6, 6.07) is 6.69. The fraction of sp³-hybridized carbons (Fsp3) is 0.625. The van der Waals surface area contributed by atoms with Gasteiger partial charge in [0.15, 0.2) is 0 Å². The lowest BCUT2D eigenvalue weighted by atomic mass is 10.1. The molecule has 134 valence electrons. The van der Waals surface area contributed by atoms with Crippen molar-refractivity contribution >= 4 is 10.2 Å². The molecule has 1 aromatic rings. The molecule has 0 aromatic heterocycles. The van der Waals surface area contributed by atoms with Crippen LogP contribution in [0.25, 0.3) is 0 Å². The van der Waals surface area contributed by atoms with Gasteiger partial charge in [0.1, 0.15) is 5.82 Å². The van der Waals surface area contributed by atoms with Gasteiger partial charge in [-0.25, -0.2) is 4.39 Å². The molecular weight excluding hydrogens is 333 g/mol. The lowest BCUT2D eigenvalue weighted by Gasteiger charge is -2.39. The molecule has 0 N–H and O–H groups in total. The fourth-order valence-electron chi connectivity index (χ4n) is 3.27. The molecule has 6 nitrogen and oxygen atoms in total. The Kier molecular flexibility index (Phi) is 5.51. The molecule has 1 unspecified atom stereocenters. The second kappa shape index (κ2) is 7.45. The van der Waals surface area contributed by atoms with Crippen LogP contribution in [0.5, 0.6) is 0 Å². The van der Waals surface area contributed by atoms with E-state index in [2.05, 4.69) is 4.90 Å². The van der Waals surface area contributed by atoms with Crippen LogP contribution in [0.4, 0.5) is 4.39 Å². The van der Waals surface area contributed by atoms with E-state index in [9.17, 15) is 12.8 Å². The third-order valence-corrected chi connectivity index (χ3v) is 6.83. The molecule has 3 rings (SSSR count). The second-order valence-corrected chi connectivity index (χ2v) is 8.08. The number of hydrogen-bond donors (Lipinski definition) is 0. The minimum absolute atomic E-state index is 0.0700. The SMILES string of the molecule is CC(c1ccccc1F)N1CCN(S(=O)(=O)N2CCOCC2)CC1. The van der Waals surface area contributed by atoms with Crippen LogP contribution < -0.4 is 0 Å². The van der Waals surface area contributed by atoms with Gasteiger partial charge in [0.05, 0.1) is 13.2 Å². The number of nitrogens with zero attached hydrogens (tertiary/aromatic N) is 3. The Balaban J connectivity index is 1.62. The summed E-state index contributed by atoms with van der Waals surface area (Å²) in [5.41, 5.74) is 0.655. The molecule has 2 fully saturated rings. The van der Waals surface area contributed by atoms with Gasteiger partial charge in [-0.15, -0.1) is 0 Å². The van der Waals surface area contributed by atoms with E-state index in [-0.39, 0.29) is 11.9 Å². The number of hydrogen-bond acceptors (Lipinski definition) is 4. The smallest absolute Gasteiger partial charge is 0.282 e. The normalized spacial score (nSPS) is 23.2. The first-order valence-corrected chi connectivity index (χ1v) is 9.71. The molecule has 24 heavy (non-hydrogen) atoms. The van der Waals surface area contributed by atoms with Gasteiger partial charge in [-0.1, -0.05) is 18.2 Å². The van der Waals surface area contributed by atoms with Crippen LogP contribution in [0.1, 0.15) is 18.5 Å². The summed E-state index contributed by atoms with van der Waals surface area (Å²) in [6.07, 6.45) is 0. The standard InChI is InChI=1S/C16H24FN3O3S/c1-14(15-4-2-3-5-16(15)17)18-6-8-19(9-7-18)24(21,22)20-10-12-23-13-11-20/h2-5,14H,6-13H2,1H3. The maximum absolute atomic E-state index is 14.0. The Morgan fingerprint density at radius 1 is 1.00 bits per heavy atom. The van der Waals surface area contributed by atoms with E-state index in [1.54, 1.807) is 12.1 Å². The van der Waals surface area contributed by atoms with E-state index in [0.717, 1.165) is 0 Å². The summed E-state index contributed by atoms with van der Waals surface area (Å²) in [5, 5.41) is 0. The zero-order valence-corrected chi connectivity index (χ0v) is 14.7. The summed E-state index contributed by atoms with van der Waals surface area (Å²) in [4.78, 5) is 2.13. The first-order chi connectivity index (χ1) is 11.5. The van der Waals surface area contributed by atoms with E-state index in [1.807, 2.05) is 13.0 Å². The number of ether oxygens (including phenoxy) is 1. The van der Waals surface area contributed by atoms with Crippen molar-refractivity contribution in [3.05, 3.63) is 35.6 Å². The second-order valence-electron chi connectivity index (χ2n) is 6.15. The average Bonchev–Trinajstić information content (AvgIpc) is 2.62. The van der Waals surface area contributed by atoms with Gasteiger partial charge < -0.3 is 4.74 Å². The maximum Gasteiger partial charge on any atom is 0.282 e. The number of piperazine rings is 1. The van der Waals surface area contributed by atoms with E-state index in [4.69, 9.17) is 4.74 Å².